The first-order valence-electron chi connectivity index (χ1n) is 14.0. The van der Waals surface area contributed by atoms with Gasteiger partial charge in [0.1, 0.15) is 11.6 Å². The lowest BCUT2D eigenvalue weighted by Gasteiger charge is -2.44. The van der Waals surface area contributed by atoms with Crippen molar-refractivity contribution in [3.8, 4) is 0 Å². The molecule has 4 rings (SSSR count). The Morgan fingerprint density at radius 3 is 2.29 bits per heavy atom. The molecule has 1 unspecified atom stereocenters. The third kappa shape index (κ3) is 7.11. The van der Waals surface area contributed by atoms with Crippen molar-refractivity contribution in [2.75, 3.05) is 52.1 Å². The molecular weight excluding hydrogens is 510 g/mol. The van der Waals surface area contributed by atoms with Crippen LogP contribution in [-0.2, 0) is 14.8 Å². The number of hydrogen-bond donors (Lipinski definition) is 1. The number of amides is 1. The van der Waals surface area contributed by atoms with E-state index < -0.39 is 27.6 Å². The summed E-state index contributed by atoms with van der Waals surface area (Å²) in [6, 6.07) is 3.79. The standard InChI is InChI=1S/C28H44F2N4O3S/c1-28(2,3)34-18-23(22-11-10-21(29)16-25(22)30)24(19-34)27(35)33-14-12-32(13-15-33)26(17-31-38(4,36)37)20-8-6-5-7-9-20/h10-11,16,20,23-24,26,31H,5-9,12-15,17-19H2,1-4H3/t23-,24+,26?/m0/s1. The fourth-order valence-electron chi connectivity index (χ4n) is 6.58. The Morgan fingerprint density at radius 2 is 1.71 bits per heavy atom. The maximum atomic E-state index is 14.8. The van der Waals surface area contributed by atoms with Crippen molar-refractivity contribution in [1.82, 2.24) is 19.4 Å². The Hall–Kier alpha value is -1.62. The summed E-state index contributed by atoms with van der Waals surface area (Å²) in [7, 11) is -3.29. The smallest absolute Gasteiger partial charge is 0.227 e. The summed E-state index contributed by atoms with van der Waals surface area (Å²) in [5, 5.41) is 0. The van der Waals surface area contributed by atoms with Crippen molar-refractivity contribution in [2.24, 2.45) is 11.8 Å². The third-order valence-electron chi connectivity index (χ3n) is 8.79. The van der Waals surface area contributed by atoms with E-state index in [1.165, 1.54) is 37.7 Å². The highest BCUT2D eigenvalue weighted by molar-refractivity contribution is 7.88. The molecule has 1 aliphatic carbocycles. The van der Waals surface area contributed by atoms with E-state index in [9.17, 15) is 22.0 Å². The number of piperazine rings is 1. The Balaban J connectivity index is 1.47. The number of hydrogen-bond acceptors (Lipinski definition) is 5. The number of carbonyl (C=O) groups is 1. The number of carbonyl (C=O) groups excluding carboxylic acids is 1. The molecule has 0 aromatic heterocycles. The molecule has 214 valence electrons. The Morgan fingerprint density at radius 1 is 1.05 bits per heavy atom. The lowest BCUT2D eigenvalue weighted by molar-refractivity contribution is -0.138. The summed E-state index contributed by atoms with van der Waals surface area (Å²) < 4.78 is 54.9. The molecule has 1 aromatic carbocycles. The van der Waals surface area contributed by atoms with Gasteiger partial charge < -0.3 is 4.90 Å². The fraction of sp³-hybridized carbons (Fsp3) is 0.750. The van der Waals surface area contributed by atoms with Gasteiger partial charge in [-0.1, -0.05) is 25.3 Å². The van der Waals surface area contributed by atoms with Crippen LogP contribution in [0.15, 0.2) is 18.2 Å². The zero-order valence-corrected chi connectivity index (χ0v) is 24.1. The topological polar surface area (TPSA) is 73.0 Å². The van der Waals surface area contributed by atoms with Crippen molar-refractivity contribution >= 4 is 15.9 Å². The average Bonchev–Trinajstić information content (AvgIpc) is 3.30. The first-order valence-corrected chi connectivity index (χ1v) is 15.9. The summed E-state index contributed by atoms with van der Waals surface area (Å²) >= 11 is 0. The maximum Gasteiger partial charge on any atom is 0.227 e. The Kier molecular flexibility index (Phi) is 9.17. The van der Waals surface area contributed by atoms with Gasteiger partial charge in [-0.2, -0.15) is 0 Å². The van der Waals surface area contributed by atoms with E-state index in [-0.39, 0.29) is 23.4 Å². The average molecular weight is 555 g/mol. The van der Waals surface area contributed by atoms with Crippen molar-refractivity contribution in [3.63, 3.8) is 0 Å². The molecule has 1 saturated carbocycles. The first-order chi connectivity index (χ1) is 17.8. The number of benzene rings is 1. The van der Waals surface area contributed by atoms with Gasteiger partial charge in [-0.05, 0) is 51.2 Å². The molecule has 0 bridgehead atoms. The molecule has 0 spiro atoms. The van der Waals surface area contributed by atoms with E-state index in [0.717, 1.165) is 18.9 Å². The van der Waals surface area contributed by atoms with Gasteiger partial charge in [-0.15, -0.1) is 0 Å². The van der Waals surface area contributed by atoms with Gasteiger partial charge in [0.15, 0.2) is 0 Å². The molecule has 0 radical (unpaired) electrons. The van der Waals surface area contributed by atoms with Crippen LogP contribution in [0.3, 0.4) is 0 Å². The predicted molar refractivity (Wildman–Crippen MR) is 145 cm³/mol. The van der Waals surface area contributed by atoms with E-state index in [4.69, 9.17) is 0 Å². The van der Waals surface area contributed by atoms with Gasteiger partial charge in [-0.25, -0.2) is 21.9 Å². The van der Waals surface area contributed by atoms with Crippen molar-refractivity contribution < 1.29 is 22.0 Å². The highest BCUT2D eigenvalue weighted by Crippen LogP contribution is 2.39. The lowest BCUT2D eigenvalue weighted by Crippen LogP contribution is -2.57. The highest BCUT2D eigenvalue weighted by atomic mass is 32.2. The van der Waals surface area contributed by atoms with Crippen molar-refractivity contribution in [3.05, 3.63) is 35.4 Å². The minimum atomic E-state index is -3.29. The molecule has 1 N–H and O–H groups in total. The van der Waals surface area contributed by atoms with E-state index in [1.807, 2.05) is 4.90 Å². The van der Waals surface area contributed by atoms with Crippen LogP contribution in [-0.4, -0.2) is 92.7 Å². The summed E-state index contributed by atoms with van der Waals surface area (Å²) in [6.07, 6.45) is 6.98. The molecule has 1 aromatic rings. The number of rotatable bonds is 7. The zero-order chi connectivity index (χ0) is 27.7. The second-order valence-corrected chi connectivity index (χ2v) is 14.2. The molecule has 2 heterocycles. The number of halogens is 2. The number of nitrogens with one attached hydrogen (secondary N) is 1. The summed E-state index contributed by atoms with van der Waals surface area (Å²) in [6.45, 7) is 10.2. The van der Waals surface area contributed by atoms with Crippen LogP contribution in [0.1, 0.15) is 64.4 Å². The number of nitrogens with zero attached hydrogens (tertiary/aromatic N) is 3. The molecule has 2 saturated heterocycles. The molecule has 3 aliphatic rings. The zero-order valence-electron chi connectivity index (χ0n) is 23.3. The second-order valence-electron chi connectivity index (χ2n) is 12.4. The van der Waals surface area contributed by atoms with Crippen LogP contribution in [0.5, 0.6) is 0 Å². The third-order valence-corrected chi connectivity index (χ3v) is 9.48. The Labute approximate surface area is 227 Å². The molecular formula is C28H44F2N4O3S. The Bertz CT molecular complexity index is 1080. The van der Waals surface area contributed by atoms with Crippen LogP contribution in [0.25, 0.3) is 0 Å². The van der Waals surface area contributed by atoms with E-state index in [1.54, 1.807) is 0 Å². The number of likely N-dealkylation sites (tertiary alicyclic amines) is 1. The molecule has 7 nitrogen and oxygen atoms in total. The van der Waals surface area contributed by atoms with Gasteiger partial charge in [0.2, 0.25) is 15.9 Å². The summed E-state index contributed by atoms with van der Waals surface area (Å²) in [4.78, 5) is 20.3. The van der Waals surface area contributed by atoms with Crippen LogP contribution >= 0.6 is 0 Å². The highest BCUT2D eigenvalue weighted by Gasteiger charge is 2.45. The molecule has 2 aliphatic heterocycles. The van der Waals surface area contributed by atoms with E-state index in [0.29, 0.717) is 57.3 Å². The predicted octanol–water partition coefficient (Wildman–Crippen LogP) is 3.42. The maximum absolute atomic E-state index is 14.8. The van der Waals surface area contributed by atoms with Gasteiger partial charge in [-0.3, -0.25) is 14.6 Å². The molecule has 1 amide bonds. The SMILES string of the molecule is CC(C)(C)N1C[C@@H](C(=O)N2CCN(C(CNS(C)(=O)=O)C3CCCCC3)CC2)[C@H](c2ccc(F)cc2F)C1. The fourth-order valence-corrected chi connectivity index (χ4v) is 7.05. The summed E-state index contributed by atoms with van der Waals surface area (Å²) in [5.41, 5.74) is 0.224. The van der Waals surface area contributed by atoms with Crippen LogP contribution in [0.2, 0.25) is 0 Å². The van der Waals surface area contributed by atoms with Gasteiger partial charge in [0.05, 0.1) is 12.2 Å². The second kappa shape index (κ2) is 11.9. The van der Waals surface area contributed by atoms with Gasteiger partial charge in [0.25, 0.3) is 0 Å². The van der Waals surface area contributed by atoms with Gasteiger partial charge in [0, 0.05) is 69.4 Å². The molecule has 3 atom stereocenters. The van der Waals surface area contributed by atoms with Crippen molar-refractivity contribution in [2.45, 2.75) is 70.4 Å². The minimum absolute atomic E-state index is 0.0219. The number of sulfonamides is 1. The molecule has 10 heteroatoms. The quantitative estimate of drug-likeness (QED) is 0.559. The molecule has 3 fully saturated rings. The lowest BCUT2D eigenvalue weighted by atomic mass is 9.83. The van der Waals surface area contributed by atoms with Crippen LogP contribution in [0.4, 0.5) is 8.78 Å². The summed E-state index contributed by atoms with van der Waals surface area (Å²) in [5.74, 6) is -1.48. The van der Waals surface area contributed by atoms with Crippen LogP contribution in [0, 0.1) is 23.5 Å². The van der Waals surface area contributed by atoms with E-state index in [2.05, 4.69) is 35.3 Å². The van der Waals surface area contributed by atoms with Gasteiger partial charge >= 0.3 is 0 Å². The first kappa shape index (κ1) is 29.4. The molecule has 38 heavy (non-hydrogen) atoms. The van der Waals surface area contributed by atoms with E-state index >= 15 is 0 Å². The largest absolute Gasteiger partial charge is 0.340 e. The van der Waals surface area contributed by atoms with Crippen molar-refractivity contribution in [1.29, 1.82) is 0 Å². The normalized spacial score (nSPS) is 25.6. The van der Waals surface area contributed by atoms with Crippen LogP contribution < -0.4 is 4.72 Å². The monoisotopic (exact) mass is 554 g/mol. The minimum Gasteiger partial charge on any atom is -0.340 e.